The van der Waals surface area contributed by atoms with E-state index in [4.69, 9.17) is 4.74 Å². The van der Waals surface area contributed by atoms with Crippen molar-refractivity contribution in [3.63, 3.8) is 0 Å². The predicted octanol–water partition coefficient (Wildman–Crippen LogP) is 2.25. The Morgan fingerprint density at radius 1 is 1.31 bits per heavy atom. The first-order valence-corrected chi connectivity index (χ1v) is 12.3. The number of aromatic nitrogens is 3. The van der Waals surface area contributed by atoms with Crippen molar-refractivity contribution in [2.75, 3.05) is 25.6 Å². The molecule has 0 saturated carbocycles. The van der Waals surface area contributed by atoms with Gasteiger partial charge >= 0.3 is 0 Å². The van der Waals surface area contributed by atoms with Gasteiger partial charge in [-0.2, -0.15) is 5.26 Å². The maximum absolute atomic E-state index is 12.2. The van der Waals surface area contributed by atoms with E-state index in [2.05, 4.69) is 26.3 Å². The van der Waals surface area contributed by atoms with Gasteiger partial charge in [-0.05, 0) is 37.1 Å². The van der Waals surface area contributed by atoms with Crippen molar-refractivity contribution in [2.45, 2.75) is 36.4 Å². The molecule has 0 bridgehead atoms. The number of likely N-dealkylation sites (tertiary alicyclic amines) is 1. The quantitative estimate of drug-likeness (QED) is 0.476. The Labute approximate surface area is 225 Å². The lowest BCUT2D eigenvalue weighted by Gasteiger charge is -2.36. The molecule has 36 heavy (non-hydrogen) atoms. The van der Waals surface area contributed by atoms with Gasteiger partial charge in [0, 0.05) is 45.0 Å². The molecule has 3 aromatic rings. The van der Waals surface area contributed by atoms with Crippen LogP contribution >= 0.6 is 36.6 Å². The van der Waals surface area contributed by atoms with E-state index in [0.717, 1.165) is 34.9 Å². The van der Waals surface area contributed by atoms with Crippen LogP contribution in [-0.2, 0) is 20.0 Å². The zero-order valence-electron chi connectivity index (χ0n) is 19.7. The summed E-state index contributed by atoms with van der Waals surface area (Å²) in [5.74, 6) is 1.47. The molecule has 0 amide bonds. The van der Waals surface area contributed by atoms with Crippen LogP contribution in [0.4, 0.5) is 0 Å². The first-order valence-electron chi connectivity index (χ1n) is 11.3. The molecule has 192 valence electrons. The van der Waals surface area contributed by atoms with Crippen molar-refractivity contribution in [3.05, 3.63) is 57.8 Å². The van der Waals surface area contributed by atoms with Gasteiger partial charge in [-0.3, -0.25) is 14.8 Å². The van der Waals surface area contributed by atoms with E-state index in [-0.39, 0.29) is 36.4 Å². The van der Waals surface area contributed by atoms with Gasteiger partial charge < -0.3 is 24.6 Å². The van der Waals surface area contributed by atoms with Gasteiger partial charge in [0.2, 0.25) is 0 Å². The molecule has 0 spiro atoms. The van der Waals surface area contributed by atoms with Crippen LogP contribution in [0.3, 0.4) is 0 Å². The highest BCUT2D eigenvalue weighted by Gasteiger charge is 2.28. The number of hydrogen-bond donors (Lipinski definition) is 2. The Balaban J connectivity index is 0.00000180. The van der Waals surface area contributed by atoms with E-state index in [1.165, 1.54) is 6.07 Å². The second kappa shape index (κ2) is 12.2. The summed E-state index contributed by atoms with van der Waals surface area (Å²) in [6, 6.07) is 7.44. The Kier molecular flexibility index (Phi) is 9.58. The van der Waals surface area contributed by atoms with Crippen LogP contribution in [0.25, 0.3) is 11.0 Å². The van der Waals surface area contributed by atoms with Gasteiger partial charge in [-0.25, -0.2) is 0 Å². The molecule has 1 saturated heterocycles. The third-order valence-electron chi connectivity index (χ3n) is 6.56. The minimum absolute atomic E-state index is 0. The zero-order valence-corrected chi connectivity index (χ0v) is 22.2. The summed E-state index contributed by atoms with van der Waals surface area (Å²) in [7, 11) is 1.71. The van der Waals surface area contributed by atoms with E-state index >= 15 is 0 Å². The predicted molar refractivity (Wildman–Crippen MR) is 143 cm³/mol. The number of pyridine rings is 3. The van der Waals surface area contributed by atoms with E-state index in [1.54, 1.807) is 41.8 Å². The number of β-amino-alcohol motifs (C(OH)–C–C–N with tert-alkyl or cyclic N) is 1. The highest BCUT2D eigenvalue weighted by molar-refractivity contribution is 7.99. The average Bonchev–Trinajstić information content (AvgIpc) is 3.32. The van der Waals surface area contributed by atoms with Crippen LogP contribution in [0, 0.1) is 11.3 Å². The van der Waals surface area contributed by atoms with Gasteiger partial charge in [-0.1, -0.05) is 11.8 Å². The van der Waals surface area contributed by atoms with E-state index < -0.39 is 6.10 Å². The Bertz CT molecular complexity index is 1330. The first-order chi connectivity index (χ1) is 16.5. The molecule has 5 heterocycles. The molecule has 0 aromatic carbocycles. The number of nitrogens with zero attached hydrogens (tertiary/aromatic N) is 5. The number of aliphatic hydroxyl groups is 1. The van der Waals surface area contributed by atoms with Gasteiger partial charge in [0.05, 0.1) is 39.5 Å². The molecule has 12 heteroatoms. The third-order valence-corrected chi connectivity index (χ3v) is 7.43. The summed E-state index contributed by atoms with van der Waals surface area (Å²) in [4.78, 5) is 24.3. The Morgan fingerprint density at radius 2 is 2.14 bits per heavy atom. The number of nitrogens with one attached hydrogen (secondary N) is 1. The third kappa shape index (κ3) is 5.78. The van der Waals surface area contributed by atoms with Crippen molar-refractivity contribution in [2.24, 2.45) is 7.05 Å². The number of piperidine rings is 1. The number of rotatable bonds is 6. The normalized spacial score (nSPS) is 19.0. The minimum Gasteiger partial charge on any atom is -0.480 e. The fourth-order valence-electron chi connectivity index (χ4n) is 4.66. The number of aliphatic hydroxyl groups excluding tert-OH is 1. The lowest BCUT2D eigenvalue weighted by Crippen LogP contribution is -2.52. The van der Waals surface area contributed by atoms with Gasteiger partial charge in [0.25, 0.3) is 5.56 Å². The minimum atomic E-state index is -0.505. The van der Waals surface area contributed by atoms with Crippen molar-refractivity contribution in [1.82, 2.24) is 24.8 Å². The van der Waals surface area contributed by atoms with Crippen LogP contribution in [0.2, 0.25) is 0 Å². The smallest absolute Gasteiger partial charge is 0.250 e. The summed E-state index contributed by atoms with van der Waals surface area (Å²) < 4.78 is 7.04. The number of ether oxygens (including phenoxy) is 1. The largest absolute Gasteiger partial charge is 0.480 e. The second-order valence-corrected chi connectivity index (χ2v) is 9.61. The van der Waals surface area contributed by atoms with Gasteiger partial charge in [0.1, 0.15) is 12.0 Å². The average molecular weight is 552 g/mol. The lowest BCUT2D eigenvalue weighted by atomic mass is 10.00. The molecule has 0 radical (unpaired) electrons. The fourth-order valence-corrected chi connectivity index (χ4v) is 5.44. The fraction of sp³-hybridized carbons (Fsp3) is 0.417. The number of thioether (sulfide) groups is 1. The first kappa shape index (κ1) is 28.2. The van der Waals surface area contributed by atoms with E-state index in [0.29, 0.717) is 48.6 Å². The van der Waals surface area contributed by atoms with Crippen molar-refractivity contribution >= 4 is 47.6 Å². The zero-order chi connectivity index (χ0) is 23.7. The molecule has 2 aliphatic rings. The Hall–Kier alpha value is -2.39. The second-order valence-electron chi connectivity index (χ2n) is 8.65. The number of nitriles is 1. The number of fused-ring (bicyclic) bond motifs is 2. The van der Waals surface area contributed by atoms with E-state index in [1.807, 2.05) is 6.07 Å². The van der Waals surface area contributed by atoms with Gasteiger partial charge in [0.15, 0.2) is 5.75 Å². The van der Waals surface area contributed by atoms with E-state index in [9.17, 15) is 15.2 Å². The SMILES string of the molecule is Cl.Cl.Cn1c(=O)ccc2ncc(C#N)c(CCN3CC[C@H](NCc4cc5c(cn4)OCS5)[C@H](O)C3)c21. The van der Waals surface area contributed by atoms with Crippen molar-refractivity contribution in [3.8, 4) is 11.8 Å². The number of aryl methyl sites for hydroxylation is 1. The summed E-state index contributed by atoms with van der Waals surface area (Å²) >= 11 is 1.66. The van der Waals surface area contributed by atoms with Crippen LogP contribution in [-0.4, -0.2) is 62.3 Å². The molecule has 2 atom stereocenters. The molecule has 1 fully saturated rings. The summed E-state index contributed by atoms with van der Waals surface area (Å²) in [6.45, 7) is 2.66. The lowest BCUT2D eigenvalue weighted by molar-refractivity contribution is 0.0403. The standard InChI is InChI=1S/C24H26N6O3S.2ClH/c1-29-23(32)3-2-19-24(29)17(15(9-25)10-27-19)4-6-30-7-5-18(20(31)13-30)28-11-16-8-22-21(12-26-16)33-14-34-22;;/h2-3,8,10,12,18,20,28,31H,4-7,11,13-14H2,1H3;2*1H/t18-,20+;;/m0../s1. The highest BCUT2D eigenvalue weighted by atomic mass is 35.5. The molecular formula is C24H28Cl2N6O3S. The van der Waals surface area contributed by atoms with Crippen LogP contribution in [0.1, 0.15) is 23.2 Å². The molecule has 9 nitrogen and oxygen atoms in total. The maximum atomic E-state index is 12.2. The van der Waals surface area contributed by atoms with Crippen molar-refractivity contribution in [1.29, 1.82) is 5.26 Å². The summed E-state index contributed by atoms with van der Waals surface area (Å²) in [5.41, 5.74) is 3.52. The molecule has 3 aromatic heterocycles. The van der Waals surface area contributed by atoms with Crippen molar-refractivity contribution < 1.29 is 9.84 Å². The molecule has 0 unspecified atom stereocenters. The monoisotopic (exact) mass is 550 g/mol. The summed E-state index contributed by atoms with van der Waals surface area (Å²) in [6.07, 6.45) is 4.24. The molecular weight excluding hydrogens is 523 g/mol. The molecule has 2 N–H and O–H groups in total. The van der Waals surface area contributed by atoms with Crippen LogP contribution in [0.15, 0.2) is 40.3 Å². The molecule has 5 rings (SSSR count). The summed E-state index contributed by atoms with van der Waals surface area (Å²) in [5, 5.41) is 23.8. The highest BCUT2D eigenvalue weighted by Crippen LogP contribution is 2.35. The number of hydrogen-bond acceptors (Lipinski definition) is 9. The molecule has 0 aliphatic carbocycles. The number of halogens is 2. The maximum Gasteiger partial charge on any atom is 0.250 e. The van der Waals surface area contributed by atoms with Crippen LogP contribution in [0.5, 0.6) is 5.75 Å². The topological polar surface area (TPSA) is 116 Å². The van der Waals surface area contributed by atoms with Crippen LogP contribution < -0.4 is 15.6 Å². The Morgan fingerprint density at radius 3 is 2.92 bits per heavy atom. The van der Waals surface area contributed by atoms with Gasteiger partial charge in [-0.15, -0.1) is 24.8 Å². The molecule has 2 aliphatic heterocycles.